The SMILES string of the molecule is CC(C)OC1=CC(=O)OC1c1ccco1. The first-order chi connectivity index (χ1) is 7.16. The number of furan rings is 1. The molecule has 2 heterocycles. The number of cyclic esters (lactones) is 1. The molecule has 0 aliphatic carbocycles. The maximum absolute atomic E-state index is 11.1. The van der Waals surface area contributed by atoms with E-state index in [-0.39, 0.29) is 6.10 Å². The second-order valence-electron chi connectivity index (χ2n) is 3.55. The summed E-state index contributed by atoms with van der Waals surface area (Å²) in [7, 11) is 0. The van der Waals surface area contributed by atoms with Crippen molar-refractivity contribution in [2.45, 2.75) is 26.1 Å². The molecule has 0 aromatic carbocycles. The van der Waals surface area contributed by atoms with Crippen LogP contribution in [-0.2, 0) is 14.3 Å². The Hall–Kier alpha value is -1.71. The number of hydrogen-bond donors (Lipinski definition) is 0. The van der Waals surface area contributed by atoms with Crippen molar-refractivity contribution in [3.8, 4) is 0 Å². The summed E-state index contributed by atoms with van der Waals surface area (Å²) < 4.78 is 15.7. The number of carbonyl (C=O) groups excluding carboxylic acids is 1. The summed E-state index contributed by atoms with van der Waals surface area (Å²) in [4.78, 5) is 11.1. The largest absolute Gasteiger partial charge is 0.491 e. The molecule has 0 saturated carbocycles. The zero-order chi connectivity index (χ0) is 10.8. The fourth-order valence-electron chi connectivity index (χ4n) is 1.41. The lowest BCUT2D eigenvalue weighted by atomic mass is 10.2. The summed E-state index contributed by atoms with van der Waals surface area (Å²) in [6, 6.07) is 3.50. The van der Waals surface area contributed by atoms with E-state index in [0.717, 1.165) is 0 Å². The molecule has 15 heavy (non-hydrogen) atoms. The van der Waals surface area contributed by atoms with E-state index in [2.05, 4.69) is 0 Å². The lowest BCUT2D eigenvalue weighted by Gasteiger charge is -2.15. The Balaban J connectivity index is 2.19. The van der Waals surface area contributed by atoms with Crippen LogP contribution in [0.25, 0.3) is 0 Å². The molecule has 1 atom stereocenters. The molecule has 4 heteroatoms. The number of rotatable bonds is 3. The minimum atomic E-state index is -0.533. The molecule has 0 bridgehead atoms. The van der Waals surface area contributed by atoms with Gasteiger partial charge in [-0.1, -0.05) is 0 Å². The zero-order valence-corrected chi connectivity index (χ0v) is 8.60. The van der Waals surface area contributed by atoms with Crippen LogP contribution < -0.4 is 0 Å². The van der Waals surface area contributed by atoms with Crippen LogP contribution in [0, 0.1) is 0 Å². The molecule has 2 rings (SSSR count). The Morgan fingerprint density at radius 3 is 2.87 bits per heavy atom. The van der Waals surface area contributed by atoms with E-state index in [0.29, 0.717) is 11.5 Å². The van der Waals surface area contributed by atoms with E-state index in [4.69, 9.17) is 13.9 Å². The molecule has 0 radical (unpaired) electrons. The van der Waals surface area contributed by atoms with Gasteiger partial charge in [0.2, 0.25) is 6.10 Å². The number of carbonyl (C=O) groups is 1. The fourth-order valence-corrected chi connectivity index (χ4v) is 1.41. The van der Waals surface area contributed by atoms with E-state index in [1.807, 2.05) is 13.8 Å². The molecule has 80 valence electrons. The summed E-state index contributed by atoms with van der Waals surface area (Å²) in [5, 5.41) is 0. The second kappa shape index (κ2) is 3.81. The van der Waals surface area contributed by atoms with E-state index in [1.54, 1.807) is 12.1 Å². The monoisotopic (exact) mass is 208 g/mol. The van der Waals surface area contributed by atoms with Crippen LogP contribution in [0.15, 0.2) is 34.6 Å². The van der Waals surface area contributed by atoms with Gasteiger partial charge in [-0.2, -0.15) is 0 Å². The second-order valence-corrected chi connectivity index (χ2v) is 3.55. The van der Waals surface area contributed by atoms with Crippen molar-refractivity contribution in [3.63, 3.8) is 0 Å². The Labute approximate surface area is 87.5 Å². The van der Waals surface area contributed by atoms with Crippen LogP contribution in [0.3, 0.4) is 0 Å². The van der Waals surface area contributed by atoms with Crippen LogP contribution in [0.4, 0.5) is 0 Å². The number of esters is 1. The van der Waals surface area contributed by atoms with E-state index < -0.39 is 12.1 Å². The maximum Gasteiger partial charge on any atom is 0.335 e. The van der Waals surface area contributed by atoms with Crippen molar-refractivity contribution in [1.82, 2.24) is 0 Å². The lowest BCUT2D eigenvalue weighted by Crippen LogP contribution is -2.08. The highest BCUT2D eigenvalue weighted by Gasteiger charge is 2.31. The zero-order valence-electron chi connectivity index (χ0n) is 8.60. The van der Waals surface area contributed by atoms with Crippen molar-refractivity contribution < 1.29 is 18.7 Å². The minimum Gasteiger partial charge on any atom is -0.491 e. The molecule has 1 aliphatic heterocycles. The molecule has 0 saturated heterocycles. The molecule has 0 spiro atoms. The van der Waals surface area contributed by atoms with Gasteiger partial charge in [0.1, 0.15) is 0 Å². The van der Waals surface area contributed by atoms with Crippen LogP contribution in [0.1, 0.15) is 25.7 Å². The smallest absolute Gasteiger partial charge is 0.335 e. The van der Waals surface area contributed by atoms with Gasteiger partial charge < -0.3 is 13.9 Å². The number of ether oxygens (including phenoxy) is 2. The fraction of sp³-hybridized carbons (Fsp3) is 0.364. The molecule has 1 aromatic rings. The highest BCUT2D eigenvalue weighted by molar-refractivity contribution is 5.85. The number of hydrogen-bond acceptors (Lipinski definition) is 4. The van der Waals surface area contributed by atoms with Crippen molar-refractivity contribution >= 4 is 5.97 Å². The van der Waals surface area contributed by atoms with Gasteiger partial charge in [-0.15, -0.1) is 0 Å². The quantitative estimate of drug-likeness (QED) is 0.714. The Bertz CT molecular complexity index is 375. The van der Waals surface area contributed by atoms with Gasteiger partial charge in [0, 0.05) is 0 Å². The maximum atomic E-state index is 11.1. The molecular formula is C11H12O4. The third kappa shape index (κ3) is 2.03. The van der Waals surface area contributed by atoms with Crippen LogP contribution in [0.5, 0.6) is 0 Å². The van der Waals surface area contributed by atoms with E-state index >= 15 is 0 Å². The predicted octanol–water partition coefficient (Wildman–Crippen LogP) is 2.19. The average molecular weight is 208 g/mol. The molecular weight excluding hydrogens is 196 g/mol. The predicted molar refractivity (Wildman–Crippen MR) is 51.8 cm³/mol. The normalized spacial score (nSPS) is 20.3. The topological polar surface area (TPSA) is 48.7 Å². The highest BCUT2D eigenvalue weighted by atomic mass is 16.6. The first-order valence-electron chi connectivity index (χ1n) is 4.79. The van der Waals surface area contributed by atoms with Gasteiger partial charge in [0.05, 0.1) is 18.4 Å². The molecule has 4 nitrogen and oxygen atoms in total. The molecule has 0 N–H and O–H groups in total. The Morgan fingerprint density at radius 1 is 1.47 bits per heavy atom. The van der Waals surface area contributed by atoms with Crippen LogP contribution >= 0.6 is 0 Å². The van der Waals surface area contributed by atoms with Crippen molar-refractivity contribution in [3.05, 3.63) is 36.0 Å². The Kier molecular flexibility index (Phi) is 2.49. The summed E-state index contributed by atoms with van der Waals surface area (Å²) in [6.45, 7) is 3.78. The summed E-state index contributed by atoms with van der Waals surface area (Å²) in [6.07, 6.45) is 2.36. The molecule has 1 unspecified atom stereocenters. The first-order valence-corrected chi connectivity index (χ1v) is 4.79. The van der Waals surface area contributed by atoms with E-state index in [1.165, 1.54) is 12.3 Å². The van der Waals surface area contributed by atoms with Gasteiger partial charge >= 0.3 is 5.97 Å². The summed E-state index contributed by atoms with van der Waals surface area (Å²) >= 11 is 0. The minimum absolute atomic E-state index is 0.00297. The molecule has 1 aliphatic rings. The first kappa shape index (κ1) is 9.83. The third-order valence-electron chi connectivity index (χ3n) is 1.93. The average Bonchev–Trinajstić information content (AvgIpc) is 2.72. The summed E-state index contributed by atoms with van der Waals surface area (Å²) in [5.74, 6) is 0.685. The summed E-state index contributed by atoms with van der Waals surface area (Å²) in [5.41, 5.74) is 0. The standard InChI is InChI=1S/C11H12O4/c1-7(2)14-9-6-10(12)15-11(9)8-4-3-5-13-8/h3-7,11H,1-2H3. The lowest BCUT2D eigenvalue weighted by molar-refractivity contribution is -0.140. The Morgan fingerprint density at radius 2 is 2.27 bits per heavy atom. The highest BCUT2D eigenvalue weighted by Crippen LogP contribution is 2.32. The van der Waals surface area contributed by atoms with Crippen LogP contribution in [0.2, 0.25) is 0 Å². The van der Waals surface area contributed by atoms with Crippen molar-refractivity contribution in [1.29, 1.82) is 0 Å². The van der Waals surface area contributed by atoms with Gasteiger partial charge in [0.25, 0.3) is 0 Å². The van der Waals surface area contributed by atoms with Crippen molar-refractivity contribution in [2.24, 2.45) is 0 Å². The molecule has 1 aromatic heterocycles. The van der Waals surface area contributed by atoms with Crippen LogP contribution in [-0.4, -0.2) is 12.1 Å². The van der Waals surface area contributed by atoms with Gasteiger partial charge in [-0.05, 0) is 26.0 Å². The molecule has 0 amide bonds. The molecule has 0 fully saturated rings. The van der Waals surface area contributed by atoms with Crippen molar-refractivity contribution in [2.75, 3.05) is 0 Å². The van der Waals surface area contributed by atoms with E-state index in [9.17, 15) is 4.79 Å². The van der Waals surface area contributed by atoms with Gasteiger partial charge in [-0.25, -0.2) is 4.79 Å². The third-order valence-corrected chi connectivity index (χ3v) is 1.93. The van der Waals surface area contributed by atoms with Gasteiger partial charge in [0.15, 0.2) is 11.5 Å². The van der Waals surface area contributed by atoms with Gasteiger partial charge in [-0.3, -0.25) is 0 Å².